The Bertz CT molecular complexity index is 483. The van der Waals surface area contributed by atoms with Crippen LogP contribution in [0.5, 0.6) is 0 Å². The molecule has 1 rings (SSSR count). The van der Waals surface area contributed by atoms with Crippen molar-refractivity contribution in [1.82, 2.24) is 10.3 Å². The topological polar surface area (TPSA) is 114 Å². The van der Waals surface area contributed by atoms with Crippen molar-refractivity contribution in [2.45, 2.75) is 17.6 Å². The number of amides is 1. The molecule has 0 fully saturated rings. The third-order valence-corrected chi connectivity index (χ3v) is 4.10. The third-order valence-electron chi connectivity index (χ3n) is 1.74. The van der Waals surface area contributed by atoms with Gasteiger partial charge < -0.3 is 10.6 Å². The van der Waals surface area contributed by atoms with E-state index in [0.29, 0.717) is 11.7 Å². The molecule has 7 nitrogen and oxygen atoms in total. The van der Waals surface area contributed by atoms with Crippen molar-refractivity contribution in [2.75, 3.05) is 18.4 Å². The predicted molar refractivity (Wildman–Crippen MR) is 65.3 cm³/mol. The molecule has 0 bridgehead atoms. The average molecular weight is 278 g/mol. The number of sulfonamides is 1. The third kappa shape index (κ3) is 4.67. The molecule has 0 aliphatic carbocycles. The highest BCUT2D eigenvalue weighted by Crippen LogP contribution is 2.20. The summed E-state index contributed by atoms with van der Waals surface area (Å²) in [5, 5.41) is 10.7. The minimum atomic E-state index is -3.72. The number of rotatable bonds is 6. The molecule has 1 amide bonds. The summed E-state index contributed by atoms with van der Waals surface area (Å²) in [4.78, 5) is 15.0. The quantitative estimate of drug-likeness (QED) is 0.662. The van der Waals surface area contributed by atoms with Gasteiger partial charge in [0.2, 0.25) is 15.9 Å². The van der Waals surface area contributed by atoms with Crippen LogP contribution in [0.3, 0.4) is 0 Å². The molecular formula is C8H14N4O3S2. The Morgan fingerprint density at radius 2 is 2.29 bits per heavy atom. The molecule has 1 heterocycles. The highest BCUT2D eigenvalue weighted by Gasteiger charge is 2.12. The lowest BCUT2D eigenvalue weighted by Gasteiger charge is -2.03. The number of hydrogen-bond donors (Lipinski definition) is 3. The molecular weight excluding hydrogens is 264 g/mol. The normalized spacial score (nSPS) is 11.2. The number of anilines is 1. The van der Waals surface area contributed by atoms with Crippen LogP contribution < -0.4 is 15.8 Å². The van der Waals surface area contributed by atoms with E-state index in [0.717, 1.165) is 24.0 Å². The number of nitrogens with zero attached hydrogens (tertiary/aromatic N) is 1. The summed E-state index contributed by atoms with van der Waals surface area (Å²) in [6, 6.07) is 0. The maximum Gasteiger partial charge on any atom is 0.249 e. The minimum absolute atomic E-state index is 0.0334. The second-order valence-electron chi connectivity index (χ2n) is 3.23. The first kappa shape index (κ1) is 13.9. The molecule has 1 aromatic heterocycles. The molecule has 0 radical (unpaired) electrons. The fourth-order valence-electron chi connectivity index (χ4n) is 0.955. The Balaban J connectivity index is 2.48. The van der Waals surface area contributed by atoms with Gasteiger partial charge in [0.15, 0.2) is 9.34 Å². The zero-order valence-corrected chi connectivity index (χ0v) is 10.9. The summed E-state index contributed by atoms with van der Waals surface area (Å²) in [6.07, 6.45) is 2.02. The van der Waals surface area contributed by atoms with Crippen molar-refractivity contribution in [2.24, 2.45) is 5.14 Å². The van der Waals surface area contributed by atoms with Crippen LogP contribution in [0.1, 0.15) is 13.3 Å². The number of carbonyl (C=O) groups excluding carboxylic acids is 1. The first-order valence-corrected chi connectivity index (χ1v) is 7.29. The SMILES string of the molecule is CCCNC(=O)CNc1ncc(S(N)(=O)=O)s1. The van der Waals surface area contributed by atoms with Gasteiger partial charge in [-0.05, 0) is 6.42 Å². The van der Waals surface area contributed by atoms with Crippen molar-refractivity contribution in [3.63, 3.8) is 0 Å². The first-order chi connectivity index (χ1) is 7.93. The number of nitrogens with one attached hydrogen (secondary N) is 2. The number of nitrogens with two attached hydrogens (primary N) is 1. The summed E-state index contributed by atoms with van der Waals surface area (Å²) < 4.78 is 21.9. The fourth-order valence-corrected chi connectivity index (χ4v) is 2.40. The number of thiazole rings is 1. The van der Waals surface area contributed by atoms with Crippen molar-refractivity contribution in [3.8, 4) is 0 Å². The van der Waals surface area contributed by atoms with Gasteiger partial charge in [0.25, 0.3) is 0 Å². The van der Waals surface area contributed by atoms with Crippen molar-refractivity contribution >= 4 is 32.4 Å². The van der Waals surface area contributed by atoms with Crippen LogP contribution in [-0.4, -0.2) is 32.4 Å². The van der Waals surface area contributed by atoms with Crippen molar-refractivity contribution < 1.29 is 13.2 Å². The summed E-state index contributed by atoms with van der Waals surface area (Å²) in [7, 11) is -3.72. The van der Waals surface area contributed by atoms with E-state index in [1.807, 2.05) is 6.92 Å². The minimum Gasteiger partial charge on any atom is -0.355 e. The Labute approximate surface area is 103 Å². The maximum absolute atomic E-state index is 11.2. The summed E-state index contributed by atoms with van der Waals surface area (Å²) in [5.41, 5.74) is 0. The van der Waals surface area contributed by atoms with Crippen LogP contribution in [0.4, 0.5) is 5.13 Å². The van der Waals surface area contributed by atoms with E-state index in [2.05, 4.69) is 15.6 Å². The molecule has 9 heteroatoms. The predicted octanol–water partition coefficient (Wildman–Crippen LogP) is -0.271. The highest BCUT2D eigenvalue weighted by atomic mass is 32.2. The Morgan fingerprint density at radius 1 is 1.59 bits per heavy atom. The number of primary sulfonamides is 1. The molecule has 4 N–H and O–H groups in total. The van der Waals surface area contributed by atoms with E-state index in [4.69, 9.17) is 5.14 Å². The number of carbonyl (C=O) groups is 1. The van der Waals surface area contributed by atoms with E-state index >= 15 is 0 Å². The van der Waals surface area contributed by atoms with Crippen LogP contribution in [0.15, 0.2) is 10.4 Å². The van der Waals surface area contributed by atoms with Gasteiger partial charge in [-0.15, -0.1) is 0 Å². The highest BCUT2D eigenvalue weighted by molar-refractivity contribution is 7.91. The molecule has 0 unspecified atom stereocenters. The lowest BCUT2D eigenvalue weighted by Crippen LogP contribution is -2.30. The average Bonchev–Trinajstić information content (AvgIpc) is 2.71. The lowest BCUT2D eigenvalue weighted by atomic mass is 10.4. The van der Waals surface area contributed by atoms with Crippen LogP contribution in [0.25, 0.3) is 0 Å². The molecule has 0 saturated carbocycles. The van der Waals surface area contributed by atoms with Gasteiger partial charge in [0.1, 0.15) is 0 Å². The second-order valence-corrected chi connectivity index (χ2v) is 6.05. The Hall–Kier alpha value is -1.19. The van der Waals surface area contributed by atoms with Crippen LogP contribution in [0, 0.1) is 0 Å². The second kappa shape index (κ2) is 5.94. The van der Waals surface area contributed by atoms with Gasteiger partial charge in [-0.25, -0.2) is 18.5 Å². The van der Waals surface area contributed by atoms with Gasteiger partial charge >= 0.3 is 0 Å². The smallest absolute Gasteiger partial charge is 0.249 e. The van der Waals surface area contributed by atoms with Crippen LogP contribution >= 0.6 is 11.3 Å². The van der Waals surface area contributed by atoms with E-state index in [1.165, 1.54) is 0 Å². The summed E-state index contributed by atoms with van der Waals surface area (Å²) in [5.74, 6) is -0.167. The van der Waals surface area contributed by atoms with Crippen LogP contribution in [0.2, 0.25) is 0 Å². The van der Waals surface area contributed by atoms with Gasteiger partial charge in [0.05, 0.1) is 12.7 Å². The van der Waals surface area contributed by atoms with E-state index in [-0.39, 0.29) is 16.7 Å². The summed E-state index contributed by atoms with van der Waals surface area (Å²) >= 11 is 0.890. The standard InChI is InChI=1S/C8H14N4O3S2/c1-2-3-10-6(13)4-11-8-12-5-7(16-8)17(9,14)15/h5H,2-4H2,1H3,(H,10,13)(H,11,12)(H2,9,14,15). The molecule has 1 aromatic rings. The molecule has 0 atom stereocenters. The summed E-state index contributed by atoms with van der Waals surface area (Å²) in [6.45, 7) is 2.62. The fraction of sp³-hybridized carbons (Fsp3) is 0.500. The molecule has 0 aromatic carbocycles. The van der Waals surface area contributed by atoms with Crippen molar-refractivity contribution in [1.29, 1.82) is 0 Å². The zero-order valence-electron chi connectivity index (χ0n) is 9.26. The lowest BCUT2D eigenvalue weighted by molar-refractivity contribution is -0.119. The number of aromatic nitrogens is 1. The molecule has 0 aliphatic heterocycles. The van der Waals surface area contributed by atoms with E-state index < -0.39 is 10.0 Å². The molecule has 17 heavy (non-hydrogen) atoms. The van der Waals surface area contributed by atoms with E-state index in [9.17, 15) is 13.2 Å². The molecule has 96 valence electrons. The molecule has 0 aliphatic rings. The zero-order chi connectivity index (χ0) is 12.9. The maximum atomic E-state index is 11.2. The van der Waals surface area contributed by atoms with Crippen LogP contribution in [-0.2, 0) is 14.8 Å². The Kier molecular flexibility index (Phi) is 4.85. The monoisotopic (exact) mass is 278 g/mol. The van der Waals surface area contributed by atoms with Gasteiger partial charge in [-0.1, -0.05) is 18.3 Å². The largest absolute Gasteiger partial charge is 0.355 e. The molecule has 0 saturated heterocycles. The van der Waals surface area contributed by atoms with Gasteiger partial charge in [0, 0.05) is 6.54 Å². The molecule has 0 spiro atoms. The first-order valence-electron chi connectivity index (χ1n) is 4.92. The van der Waals surface area contributed by atoms with E-state index in [1.54, 1.807) is 0 Å². The van der Waals surface area contributed by atoms with Gasteiger partial charge in [-0.3, -0.25) is 4.79 Å². The number of hydrogen-bond acceptors (Lipinski definition) is 6. The van der Waals surface area contributed by atoms with Gasteiger partial charge in [-0.2, -0.15) is 0 Å². The van der Waals surface area contributed by atoms with Crippen molar-refractivity contribution in [3.05, 3.63) is 6.20 Å². The Morgan fingerprint density at radius 3 is 2.82 bits per heavy atom.